The van der Waals surface area contributed by atoms with Gasteiger partial charge in [-0.1, -0.05) is 18.2 Å². The fraction of sp³-hybridized carbons (Fsp3) is 0.450. The largest absolute Gasteiger partial charge is 0.444 e. The van der Waals surface area contributed by atoms with Crippen molar-refractivity contribution in [3.8, 4) is 0 Å². The molecule has 0 unspecified atom stereocenters. The predicted molar refractivity (Wildman–Crippen MR) is 117 cm³/mol. The number of piperazine rings is 1. The molecular formula is C20H28N6O2S. The number of thiazole rings is 1. The molecule has 8 nitrogen and oxygen atoms in total. The Morgan fingerprint density at radius 1 is 1.34 bits per heavy atom. The van der Waals surface area contributed by atoms with Crippen LogP contribution in [0.25, 0.3) is 0 Å². The van der Waals surface area contributed by atoms with Gasteiger partial charge in [-0.3, -0.25) is 10.3 Å². The zero-order valence-electron chi connectivity index (χ0n) is 17.1. The van der Waals surface area contributed by atoms with Crippen LogP contribution in [0.2, 0.25) is 0 Å². The van der Waals surface area contributed by atoms with Crippen LogP contribution in [0.4, 0.5) is 15.7 Å². The second-order valence-electron chi connectivity index (χ2n) is 7.94. The van der Waals surface area contributed by atoms with E-state index in [1.54, 1.807) is 16.5 Å². The average Bonchev–Trinajstić information content (AvgIpc) is 3.06. The molecule has 0 spiro atoms. The normalized spacial score (nSPS) is 15.6. The van der Waals surface area contributed by atoms with E-state index < -0.39 is 5.60 Å². The van der Waals surface area contributed by atoms with Crippen LogP contribution in [0.15, 0.2) is 34.7 Å². The molecule has 1 aromatic carbocycles. The number of carbonyl (C=O) groups is 1. The van der Waals surface area contributed by atoms with Crippen LogP contribution in [-0.4, -0.2) is 58.9 Å². The van der Waals surface area contributed by atoms with Crippen LogP contribution in [0.5, 0.6) is 0 Å². The van der Waals surface area contributed by atoms with E-state index in [1.807, 2.05) is 32.9 Å². The number of hydrazone groups is 1. The lowest BCUT2D eigenvalue weighted by atomic mass is 10.1. The fourth-order valence-corrected chi connectivity index (χ4v) is 3.49. The SMILES string of the molecule is CC(C)(C)OC(=O)N1CCN(Cc2cccc(C=NNc3nc(N)cs3)c2)CC1. The highest BCUT2D eigenvalue weighted by atomic mass is 32.1. The molecule has 1 aliphatic rings. The van der Waals surface area contributed by atoms with Gasteiger partial charge in [-0.2, -0.15) is 5.10 Å². The van der Waals surface area contributed by atoms with Crippen LogP contribution < -0.4 is 11.2 Å². The summed E-state index contributed by atoms with van der Waals surface area (Å²) in [6.45, 7) is 9.50. The van der Waals surface area contributed by atoms with Crippen LogP contribution in [-0.2, 0) is 11.3 Å². The minimum atomic E-state index is -0.461. The van der Waals surface area contributed by atoms with Gasteiger partial charge in [0, 0.05) is 38.1 Å². The van der Waals surface area contributed by atoms with Crippen molar-refractivity contribution in [3.05, 3.63) is 40.8 Å². The van der Waals surface area contributed by atoms with E-state index in [0.29, 0.717) is 24.0 Å². The Bertz CT molecular complexity index is 853. The van der Waals surface area contributed by atoms with E-state index in [9.17, 15) is 4.79 Å². The van der Waals surface area contributed by atoms with Gasteiger partial charge in [0.2, 0.25) is 5.13 Å². The van der Waals surface area contributed by atoms with E-state index in [4.69, 9.17) is 10.5 Å². The van der Waals surface area contributed by atoms with Crippen LogP contribution >= 0.6 is 11.3 Å². The minimum Gasteiger partial charge on any atom is -0.444 e. The number of aromatic nitrogens is 1. The van der Waals surface area contributed by atoms with Crippen molar-refractivity contribution < 1.29 is 9.53 Å². The molecule has 1 saturated heterocycles. The Morgan fingerprint density at radius 3 is 2.76 bits per heavy atom. The first kappa shape index (κ1) is 21.1. The molecule has 0 atom stereocenters. The molecule has 3 rings (SSSR count). The summed E-state index contributed by atoms with van der Waals surface area (Å²) in [5.41, 5.74) is 10.2. The summed E-state index contributed by atoms with van der Waals surface area (Å²) in [4.78, 5) is 20.4. The molecule has 3 N–H and O–H groups in total. The molecule has 1 fully saturated rings. The summed E-state index contributed by atoms with van der Waals surface area (Å²) < 4.78 is 5.45. The zero-order valence-corrected chi connectivity index (χ0v) is 17.9. The third-order valence-electron chi connectivity index (χ3n) is 4.28. The monoisotopic (exact) mass is 416 g/mol. The Labute approximate surface area is 175 Å². The fourth-order valence-electron chi connectivity index (χ4n) is 2.94. The van der Waals surface area contributed by atoms with Crippen molar-refractivity contribution in [3.63, 3.8) is 0 Å². The number of rotatable bonds is 5. The van der Waals surface area contributed by atoms with E-state index >= 15 is 0 Å². The van der Waals surface area contributed by atoms with Gasteiger partial charge in [0.05, 0.1) is 6.21 Å². The third-order valence-corrected chi connectivity index (χ3v) is 5.04. The van der Waals surface area contributed by atoms with E-state index in [-0.39, 0.29) is 6.09 Å². The van der Waals surface area contributed by atoms with E-state index in [0.717, 1.165) is 25.2 Å². The van der Waals surface area contributed by atoms with Gasteiger partial charge in [0.15, 0.2) is 0 Å². The first-order chi connectivity index (χ1) is 13.8. The molecule has 156 valence electrons. The van der Waals surface area contributed by atoms with E-state index in [1.165, 1.54) is 16.9 Å². The van der Waals surface area contributed by atoms with Crippen molar-refractivity contribution >= 4 is 34.6 Å². The molecule has 0 radical (unpaired) electrons. The lowest BCUT2D eigenvalue weighted by Crippen LogP contribution is -2.49. The molecule has 9 heteroatoms. The molecule has 1 aromatic heterocycles. The number of hydrogen-bond donors (Lipinski definition) is 2. The molecule has 0 bridgehead atoms. The third kappa shape index (κ3) is 6.72. The van der Waals surface area contributed by atoms with Crippen LogP contribution in [0.3, 0.4) is 0 Å². The molecule has 0 aliphatic carbocycles. The number of benzene rings is 1. The Morgan fingerprint density at radius 2 is 2.10 bits per heavy atom. The molecule has 2 aromatic rings. The quantitative estimate of drug-likeness (QED) is 0.574. The second-order valence-corrected chi connectivity index (χ2v) is 8.79. The van der Waals surface area contributed by atoms with Gasteiger partial charge in [-0.05, 0) is 38.0 Å². The summed E-state index contributed by atoms with van der Waals surface area (Å²) in [6.07, 6.45) is 1.53. The molecular weight excluding hydrogens is 388 g/mol. The number of anilines is 2. The zero-order chi connectivity index (χ0) is 20.9. The van der Waals surface area contributed by atoms with Gasteiger partial charge in [0.25, 0.3) is 0 Å². The Balaban J connectivity index is 1.49. The van der Waals surface area contributed by atoms with Crippen molar-refractivity contribution in [1.29, 1.82) is 0 Å². The molecule has 1 aliphatic heterocycles. The highest BCUT2D eigenvalue weighted by molar-refractivity contribution is 7.14. The van der Waals surface area contributed by atoms with Crippen molar-refractivity contribution in [2.75, 3.05) is 37.3 Å². The summed E-state index contributed by atoms with van der Waals surface area (Å²) in [5.74, 6) is 0.487. The van der Waals surface area contributed by atoms with Gasteiger partial charge in [-0.15, -0.1) is 11.3 Å². The Kier molecular flexibility index (Phi) is 6.71. The van der Waals surface area contributed by atoms with Gasteiger partial charge in [0.1, 0.15) is 11.4 Å². The lowest BCUT2D eigenvalue weighted by Gasteiger charge is -2.35. The average molecular weight is 417 g/mol. The smallest absolute Gasteiger partial charge is 0.410 e. The number of nitrogens with two attached hydrogens (primary N) is 1. The van der Waals surface area contributed by atoms with Gasteiger partial charge in [-0.25, -0.2) is 9.78 Å². The first-order valence-corrected chi connectivity index (χ1v) is 10.5. The van der Waals surface area contributed by atoms with Gasteiger partial charge < -0.3 is 15.4 Å². The summed E-state index contributed by atoms with van der Waals surface area (Å²) in [6, 6.07) is 8.24. The van der Waals surface area contributed by atoms with Crippen LogP contribution in [0, 0.1) is 0 Å². The number of ether oxygens (including phenoxy) is 1. The van der Waals surface area contributed by atoms with Crippen molar-refractivity contribution in [2.24, 2.45) is 5.10 Å². The number of amides is 1. The summed E-state index contributed by atoms with van der Waals surface area (Å²) >= 11 is 1.41. The Hall–Kier alpha value is -2.65. The maximum atomic E-state index is 12.2. The number of hydrogen-bond acceptors (Lipinski definition) is 8. The lowest BCUT2D eigenvalue weighted by molar-refractivity contribution is 0.0139. The summed E-state index contributed by atoms with van der Waals surface area (Å²) in [7, 11) is 0. The van der Waals surface area contributed by atoms with E-state index in [2.05, 4.69) is 32.5 Å². The topological polar surface area (TPSA) is 96.1 Å². The molecule has 2 heterocycles. The number of nitrogens with zero attached hydrogens (tertiary/aromatic N) is 4. The van der Waals surface area contributed by atoms with Crippen molar-refractivity contribution in [2.45, 2.75) is 32.9 Å². The highest BCUT2D eigenvalue weighted by Gasteiger charge is 2.25. The number of carbonyl (C=O) groups excluding carboxylic acids is 1. The number of nitrogen functional groups attached to an aromatic ring is 1. The van der Waals surface area contributed by atoms with Crippen molar-refractivity contribution in [1.82, 2.24) is 14.8 Å². The van der Waals surface area contributed by atoms with Gasteiger partial charge >= 0.3 is 6.09 Å². The summed E-state index contributed by atoms with van der Waals surface area (Å²) in [5, 5.41) is 6.65. The maximum absolute atomic E-state index is 12.2. The first-order valence-electron chi connectivity index (χ1n) is 9.58. The molecule has 0 saturated carbocycles. The highest BCUT2D eigenvalue weighted by Crippen LogP contribution is 2.16. The minimum absolute atomic E-state index is 0.232. The van der Waals surface area contributed by atoms with Crippen LogP contribution in [0.1, 0.15) is 31.9 Å². The standard InChI is InChI=1S/C20H28N6O2S/c1-20(2,3)28-19(27)26-9-7-25(8-10-26)13-16-6-4-5-15(11-16)12-22-24-18-23-17(21)14-29-18/h4-6,11-12,14H,7-10,13,21H2,1-3H3,(H,23,24). The maximum Gasteiger partial charge on any atom is 0.410 e. The predicted octanol–water partition coefficient (Wildman–Crippen LogP) is 3.22. The molecule has 1 amide bonds. The number of nitrogens with one attached hydrogen (secondary N) is 1. The molecule has 29 heavy (non-hydrogen) atoms. The second kappa shape index (κ2) is 9.23.